The highest BCUT2D eigenvalue weighted by Gasteiger charge is 2.09. The maximum absolute atomic E-state index is 5.21. The Morgan fingerprint density at radius 3 is 3.20 bits per heavy atom. The van der Waals surface area contributed by atoms with Crippen LogP contribution in [0.1, 0.15) is 5.56 Å². The zero-order valence-electron chi connectivity index (χ0n) is 8.36. The highest BCUT2D eigenvalue weighted by Crippen LogP contribution is 2.20. The van der Waals surface area contributed by atoms with E-state index in [9.17, 15) is 0 Å². The van der Waals surface area contributed by atoms with E-state index in [-0.39, 0.29) is 0 Å². The Morgan fingerprint density at radius 1 is 1.33 bits per heavy atom. The molecule has 0 radical (unpaired) electrons. The number of hydrogen-bond acceptors (Lipinski definition) is 3. The van der Waals surface area contributed by atoms with Crippen molar-refractivity contribution < 1.29 is 4.42 Å². The average Bonchev–Trinajstić information content (AvgIpc) is 2.87. The molecule has 0 saturated carbocycles. The first kappa shape index (κ1) is 8.53. The van der Waals surface area contributed by atoms with E-state index in [2.05, 4.69) is 28.5 Å². The summed E-state index contributed by atoms with van der Waals surface area (Å²) in [6, 6.07) is 6.25. The van der Waals surface area contributed by atoms with Gasteiger partial charge in [0.15, 0.2) is 0 Å². The van der Waals surface area contributed by atoms with Gasteiger partial charge < -0.3 is 9.73 Å². The number of aliphatic imine (C=N–C) groups is 1. The topological polar surface area (TPSA) is 37.5 Å². The van der Waals surface area contributed by atoms with Crippen LogP contribution in [-0.4, -0.2) is 18.9 Å². The Morgan fingerprint density at radius 2 is 2.33 bits per heavy atom. The lowest BCUT2D eigenvalue weighted by atomic mass is 10.1. The van der Waals surface area contributed by atoms with Gasteiger partial charge in [0, 0.05) is 23.7 Å². The summed E-state index contributed by atoms with van der Waals surface area (Å²) in [7, 11) is 0. The predicted octanol–water partition coefficient (Wildman–Crippen LogP) is 1.98. The number of nitrogens with zero attached hydrogens (tertiary/aromatic N) is 1. The fourth-order valence-electron chi connectivity index (χ4n) is 1.95. The van der Waals surface area contributed by atoms with Crippen molar-refractivity contribution in [1.82, 2.24) is 5.32 Å². The summed E-state index contributed by atoms with van der Waals surface area (Å²) in [4.78, 5) is 4.40. The normalized spacial score (nSPS) is 15.3. The number of hydrogen-bond donors (Lipinski definition) is 1. The summed E-state index contributed by atoms with van der Waals surface area (Å²) in [6.45, 7) is 1.87. The van der Waals surface area contributed by atoms with Gasteiger partial charge in [-0.15, -0.1) is 0 Å². The van der Waals surface area contributed by atoms with Gasteiger partial charge in [0.2, 0.25) is 0 Å². The van der Waals surface area contributed by atoms with Crippen LogP contribution in [0.5, 0.6) is 0 Å². The quantitative estimate of drug-likeness (QED) is 0.804. The molecule has 0 bridgehead atoms. The minimum atomic E-state index is 0.872. The van der Waals surface area contributed by atoms with Gasteiger partial charge >= 0.3 is 0 Å². The van der Waals surface area contributed by atoms with Crippen LogP contribution in [0.15, 0.2) is 40.1 Å². The molecule has 2 heterocycles. The van der Waals surface area contributed by atoms with Gasteiger partial charge in [0.05, 0.1) is 19.1 Å². The van der Waals surface area contributed by atoms with Crippen LogP contribution in [0.4, 0.5) is 0 Å². The molecule has 3 nitrogen and oxygen atoms in total. The van der Waals surface area contributed by atoms with Gasteiger partial charge in [-0.25, -0.2) is 0 Å². The molecule has 0 unspecified atom stereocenters. The van der Waals surface area contributed by atoms with Crippen molar-refractivity contribution in [3.63, 3.8) is 0 Å². The van der Waals surface area contributed by atoms with Crippen molar-refractivity contribution in [3.05, 3.63) is 36.3 Å². The lowest BCUT2D eigenvalue weighted by Crippen LogP contribution is -2.20. The molecular weight excluding hydrogens is 188 g/mol. The van der Waals surface area contributed by atoms with E-state index in [1.54, 1.807) is 12.5 Å². The molecule has 0 fully saturated rings. The van der Waals surface area contributed by atoms with E-state index < -0.39 is 0 Å². The van der Waals surface area contributed by atoms with Gasteiger partial charge in [-0.05, 0) is 5.56 Å². The van der Waals surface area contributed by atoms with E-state index in [1.165, 1.54) is 10.9 Å². The van der Waals surface area contributed by atoms with Gasteiger partial charge in [0.25, 0.3) is 0 Å². The number of nitrogens with one attached hydrogen (secondary N) is 1. The van der Waals surface area contributed by atoms with Crippen LogP contribution in [0.3, 0.4) is 0 Å². The molecule has 1 aliphatic heterocycles. The maximum Gasteiger partial charge on any atom is 0.101 e. The summed E-state index contributed by atoms with van der Waals surface area (Å²) >= 11 is 0. The fraction of sp³-hybridized carbons (Fsp3) is 0.250. The van der Waals surface area contributed by atoms with Crippen LogP contribution in [0, 0.1) is 0 Å². The number of amidine groups is 1. The lowest BCUT2D eigenvalue weighted by Gasteiger charge is -2.03. The minimum Gasteiger partial charge on any atom is -0.471 e. The van der Waals surface area contributed by atoms with Gasteiger partial charge in [0.1, 0.15) is 5.84 Å². The second-order valence-electron chi connectivity index (χ2n) is 3.72. The first-order chi connectivity index (χ1) is 7.43. The van der Waals surface area contributed by atoms with Crippen molar-refractivity contribution in [2.24, 2.45) is 4.99 Å². The van der Waals surface area contributed by atoms with Gasteiger partial charge in [-0.3, -0.25) is 4.99 Å². The first-order valence-corrected chi connectivity index (χ1v) is 5.14. The number of fused-ring (bicyclic) bond motifs is 1. The SMILES string of the molecule is c1cc(CC2=NCCN2)c2cocc2c1. The minimum absolute atomic E-state index is 0.872. The molecule has 0 spiro atoms. The second-order valence-corrected chi connectivity index (χ2v) is 3.72. The Labute approximate surface area is 87.8 Å². The summed E-state index contributed by atoms with van der Waals surface area (Å²) in [5.74, 6) is 1.09. The Balaban J connectivity index is 1.99. The third kappa shape index (κ3) is 1.50. The Hall–Kier alpha value is -1.77. The monoisotopic (exact) mass is 200 g/mol. The standard InChI is InChI=1S/C12H12N2O/c1-2-9(6-12-13-4-5-14-12)11-8-15-7-10(11)3-1/h1-3,7-8H,4-6H2,(H,13,14). The van der Waals surface area contributed by atoms with Gasteiger partial charge in [-0.2, -0.15) is 0 Å². The molecule has 1 aromatic heterocycles. The van der Waals surface area contributed by atoms with Crippen molar-refractivity contribution >= 4 is 16.6 Å². The molecule has 0 atom stereocenters. The molecule has 0 aliphatic carbocycles. The molecule has 15 heavy (non-hydrogen) atoms. The zero-order valence-corrected chi connectivity index (χ0v) is 8.36. The van der Waals surface area contributed by atoms with Crippen LogP contribution in [-0.2, 0) is 6.42 Å². The summed E-state index contributed by atoms with van der Waals surface area (Å²) in [6.07, 6.45) is 4.46. The van der Waals surface area contributed by atoms with E-state index >= 15 is 0 Å². The lowest BCUT2D eigenvalue weighted by molar-refractivity contribution is 0.572. The number of benzene rings is 1. The molecular formula is C12H12N2O. The smallest absolute Gasteiger partial charge is 0.101 e. The summed E-state index contributed by atoms with van der Waals surface area (Å²) < 4.78 is 5.21. The van der Waals surface area contributed by atoms with Crippen molar-refractivity contribution in [3.8, 4) is 0 Å². The molecule has 1 aromatic carbocycles. The van der Waals surface area contributed by atoms with E-state index in [4.69, 9.17) is 4.42 Å². The van der Waals surface area contributed by atoms with Crippen LogP contribution in [0.2, 0.25) is 0 Å². The second kappa shape index (κ2) is 3.42. The maximum atomic E-state index is 5.21. The molecule has 3 heteroatoms. The Kier molecular flexibility index (Phi) is 1.95. The molecule has 76 valence electrons. The fourth-order valence-corrected chi connectivity index (χ4v) is 1.95. The highest BCUT2D eigenvalue weighted by atomic mass is 16.3. The van der Waals surface area contributed by atoms with Crippen LogP contribution >= 0.6 is 0 Å². The Bertz CT molecular complexity index is 513. The highest BCUT2D eigenvalue weighted by molar-refractivity contribution is 5.92. The third-order valence-electron chi connectivity index (χ3n) is 2.71. The molecule has 1 aliphatic rings. The first-order valence-electron chi connectivity index (χ1n) is 5.14. The molecule has 2 aromatic rings. The van der Waals surface area contributed by atoms with Crippen molar-refractivity contribution in [2.45, 2.75) is 6.42 Å². The molecule has 1 N–H and O–H groups in total. The molecule has 0 amide bonds. The van der Waals surface area contributed by atoms with Crippen LogP contribution in [0.25, 0.3) is 10.8 Å². The van der Waals surface area contributed by atoms with Gasteiger partial charge in [-0.1, -0.05) is 18.2 Å². The summed E-state index contributed by atoms with van der Waals surface area (Å²) in [5.41, 5.74) is 1.27. The van der Waals surface area contributed by atoms with Crippen molar-refractivity contribution in [1.29, 1.82) is 0 Å². The number of rotatable bonds is 2. The van der Waals surface area contributed by atoms with Crippen molar-refractivity contribution in [2.75, 3.05) is 13.1 Å². The third-order valence-corrected chi connectivity index (χ3v) is 2.71. The molecule has 3 rings (SSSR count). The predicted molar refractivity (Wildman–Crippen MR) is 60.2 cm³/mol. The number of furan rings is 1. The van der Waals surface area contributed by atoms with E-state index in [0.29, 0.717) is 0 Å². The van der Waals surface area contributed by atoms with E-state index in [0.717, 1.165) is 30.7 Å². The average molecular weight is 200 g/mol. The zero-order chi connectivity index (χ0) is 10.1. The van der Waals surface area contributed by atoms with E-state index in [1.807, 2.05) is 0 Å². The summed E-state index contributed by atoms with van der Waals surface area (Å²) in [5, 5.41) is 5.63. The molecule has 0 saturated heterocycles. The van der Waals surface area contributed by atoms with Crippen LogP contribution < -0.4 is 5.32 Å². The largest absolute Gasteiger partial charge is 0.471 e.